The highest BCUT2D eigenvalue weighted by molar-refractivity contribution is 5.14. The molecule has 1 aromatic carbocycles. The van der Waals surface area contributed by atoms with Crippen molar-refractivity contribution >= 4 is 0 Å². The molecule has 3 heteroatoms. The van der Waals surface area contributed by atoms with Crippen LogP contribution in [0.4, 0.5) is 0 Å². The third-order valence-electron chi connectivity index (χ3n) is 3.79. The molecule has 1 fully saturated rings. The highest BCUT2D eigenvalue weighted by Gasteiger charge is 2.19. The summed E-state index contributed by atoms with van der Waals surface area (Å²) < 4.78 is 0. The van der Waals surface area contributed by atoms with E-state index in [1.165, 1.54) is 5.56 Å². The average Bonchev–Trinajstić information content (AvgIpc) is 2.40. The van der Waals surface area contributed by atoms with Crippen LogP contribution in [-0.4, -0.2) is 62.7 Å². The summed E-state index contributed by atoms with van der Waals surface area (Å²) in [6, 6.07) is 11.4. The van der Waals surface area contributed by atoms with Crippen LogP contribution in [0, 0.1) is 0 Å². The van der Waals surface area contributed by atoms with Gasteiger partial charge in [-0.25, -0.2) is 0 Å². The lowest BCUT2D eigenvalue weighted by molar-refractivity contribution is 0.153. The van der Waals surface area contributed by atoms with E-state index in [1.54, 1.807) is 0 Å². The minimum atomic E-state index is 0.652. The molecule has 1 unspecified atom stereocenters. The number of rotatable bonds is 5. The quantitative estimate of drug-likeness (QED) is 0.839. The van der Waals surface area contributed by atoms with E-state index in [0.29, 0.717) is 6.04 Å². The van der Waals surface area contributed by atoms with E-state index in [9.17, 15) is 0 Å². The summed E-state index contributed by atoms with van der Waals surface area (Å²) in [6.45, 7) is 5.69. The summed E-state index contributed by atoms with van der Waals surface area (Å²) >= 11 is 0. The third kappa shape index (κ3) is 4.09. The molecule has 0 saturated carbocycles. The van der Waals surface area contributed by atoms with Crippen LogP contribution in [0.5, 0.6) is 0 Å². The summed E-state index contributed by atoms with van der Waals surface area (Å²) in [5.74, 6) is 0. The molecule has 1 N–H and O–H groups in total. The molecule has 1 heterocycles. The lowest BCUT2D eigenvalue weighted by atomic mass is 10.1. The van der Waals surface area contributed by atoms with Gasteiger partial charge in [-0.05, 0) is 26.1 Å². The molecule has 0 bridgehead atoms. The van der Waals surface area contributed by atoms with Gasteiger partial charge in [0.15, 0.2) is 0 Å². The fraction of sp³-hybridized carbons (Fsp3) is 0.600. The first-order valence-electron chi connectivity index (χ1n) is 6.89. The number of likely N-dealkylation sites (N-methyl/N-ethyl adjacent to an activating group) is 2. The second kappa shape index (κ2) is 6.88. The second-order valence-corrected chi connectivity index (χ2v) is 5.34. The maximum atomic E-state index is 3.48. The summed E-state index contributed by atoms with van der Waals surface area (Å²) in [6.07, 6.45) is 1.14. The van der Waals surface area contributed by atoms with E-state index >= 15 is 0 Å². The van der Waals surface area contributed by atoms with Crippen molar-refractivity contribution in [3.8, 4) is 0 Å². The molecular formula is C15H25N3. The van der Waals surface area contributed by atoms with Gasteiger partial charge in [-0.15, -0.1) is 0 Å². The molecular weight excluding hydrogens is 222 g/mol. The lowest BCUT2D eigenvalue weighted by Crippen LogP contribution is -2.53. The molecule has 1 aliphatic rings. The fourth-order valence-corrected chi connectivity index (χ4v) is 2.48. The first kappa shape index (κ1) is 13.5. The van der Waals surface area contributed by atoms with Gasteiger partial charge >= 0.3 is 0 Å². The maximum absolute atomic E-state index is 3.48. The Morgan fingerprint density at radius 1 is 1.33 bits per heavy atom. The van der Waals surface area contributed by atoms with E-state index < -0.39 is 0 Å². The van der Waals surface area contributed by atoms with E-state index in [-0.39, 0.29) is 0 Å². The molecule has 0 aromatic heterocycles. The van der Waals surface area contributed by atoms with Gasteiger partial charge in [0.05, 0.1) is 0 Å². The molecule has 3 nitrogen and oxygen atoms in total. The zero-order valence-corrected chi connectivity index (χ0v) is 11.6. The number of hydrogen-bond donors (Lipinski definition) is 1. The van der Waals surface area contributed by atoms with Gasteiger partial charge < -0.3 is 10.2 Å². The van der Waals surface area contributed by atoms with Crippen LogP contribution in [0.2, 0.25) is 0 Å². The number of hydrogen-bond acceptors (Lipinski definition) is 3. The van der Waals surface area contributed by atoms with Crippen molar-refractivity contribution in [1.82, 2.24) is 15.1 Å². The highest BCUT2D eigenvalue weighted by Crippen LogP contribution is 2.04. The van der Waals surface area contributed by atoms with E-state index in [1.807, 2.05) is 0 Å². The molecule has 18 heavy (non-hydrogen) atoms. The van der Waals surface area contributed by atoms with Gasteiger partial charge in [0, 0.05) is 38.8 Å². The third-order valence-corrected chi connectivity index (χ3v) is 3.79. The molecule has 1 aromatic rings. The average molecular weight is 247 g/mol. The molecule has 100 valence electrons. The van der Waals surface area contributed by atoms with E-state index in [4.69, 9.17) is 0 Å². The summed E-state index contributed by atoms with van der Waals surface area (Å²) in [5, 5.41) is 3.48. The van der Waals surface area contributed by atoms with Crippen molar-refractivity contribution in [2.24, 2.45) is 0 Å². The number of nitrogens with one attached hydrogen (secondary N) is 1. The summed E-state index contributed by atoms with van der Waals surface area (Å²) in [4.78, 5) is 4.91. The van der Waals surface area contributed by atoms with E-state index in [0.717, 1.165) is 39.1 Å². The Kier molecular flexibility index (Phi) is 5.17. The van der Waals surface area contributed by atoms with Crippen LogP contribution in [0.15, 0.2) is 30.3 Å². The van der Waals surface area contributed by atoms with Crippen molar-refractivity contribution in [1.29, 1.82) is 0 Å². The Bertz CT molecular complexity index is 339. The van der Waals surface area contributed by atoms with Crippen molar-refractivity contribution in [2.75, 3.05) is 46.8 Å². The summed E-state index contributed by atoms with van der Waals surface area (Å²) in [5.41, 5.74) is 1.43. The van der Waals surface area contributed by atoms with Gasteiger partial charge in [-0.3, -0.25) is 4.90 Å². The predicted octanol–water partition coefficient (Wildman–Crippen LogP) is 1.06. The Hall–Kier alpha value is -0.900. The summed E-state index contributed by atoms with van der Waals surface area (Å²) in [7, 11) is 4.46. The topological polar surface area (TPSA) is 18.5 Å². The molecule has 1 atom stereocenters. The predicted molar refractivity (Wildman–Crippen MR) is 76.9 cm³/mol. The van der Waals surface area contributed by atoms with Crippen LogP contribution in [0.1, 0.15) is 5.56 Å². The highest BCUT2D eigenvalue weighted by atomic mass is 15.2. The monoisotopic (exact) mass is 247 g/mol. The molecule has 0 amide bonds. The van der Waals surface area contributed by atoms with Crippen molar-refractivity contribution < 1.29 is 0 Å². The Morgan fingerprint density at radius 3 is 2.83 bits per heavy atom. The van der Waals surface area contributed by atoms with Crippen molar-refractivity contribution in [2.45, 2.75) is 12.5 Å². The first-order valence-corrected chi connectivity index (χ1v) is 6.89. The maximum Gasteiger partial charge on any atom is 0.0345 e. The van der Waals surface area contributed by atoms with Gasteiger partial charge in [-0.2, -0.15) is 0 Å². The van der Waals surface area contributed by atoms with Crippen LogP contribution in [0.25, 0.3) is 0 Å². The fourth-order valence-electron chi connectivity index (χ4n) is 2.48. The number of nitrogens with zero attached hydrogens (tertiary/aromatic N) is 2. The molecule has 1 saturated heterocycles. The van der Waals surface area contributed by atoms with Crippen LogP contribution in [0.3, 0.4) is 0 Å². The number of piperazine rings is 1. The standard InChI is InChI=1S/C15H25N3/c1-17(10-8-14-6-4-3-5-7-14)13-15-12-16-9-11-18(15)2/h3-7,15-16H,8-13H2,1-2H3. The molecule has 0 spiro atoms. The Morgan fingerprint density at radius 2 is 2.11 bits per heavy atom. The zero-order valence-electron chi connectivity index (χ0n) is 11.6. The largest absolute Gasteiger partial charge is 0.314 e. The normalized spacial score (nSPS) is 21.4. The van der Waals surface area contributed by atoms with E-state index in [2.05, 4.69) is 59.5 Å². The van der Waals surface area contributed by atoms with Crippen molar-refractivity contribution in [3.63, 3.8) is 0 Å². The molecule has 0 radical (unpaired) electrons. The van der Waals surface area contributed by atoms with Gasteiger partial charge in [0.1, 0.15) is 0 Å². The first-order chi connectivity index (χ1) is 8.75. The Balaban J connectivity index is 1.73. The second-order valence-electron chi connectivity index (χ2n) is 5.34. The molecule has 2 rings (SSSR count). The zero-order chi connectivity index (χ0) is 12.8. The smallest absolute Gasteiger partial charge is 0.0345 e. The van der Waals surface area contributed by atoms with Gasteiger partial charge in [0.2, 0.25) is 0 Å². The van der Waals surface area contributed by atoms with Gasteiger partial charge in [0.25, 0.3) is 0 Å². The minimum Gasteiger partial charge on any atom is -0.314 e. The lowest BCUT2D eigenvalue weighted by Gasteiger charge is -2.35. The molecule has 1 aliphatic heterocycles. The van der Waals surface area contributed by atoms with Gasteiger partial charge in [-0.1, -0.05) is 30.3 Å². The SMILES string of the molecule is CN(CCc1ccccc1)CC1CNCCN1C. The Labute approximate surface area is 111 Å². The van der Waals surface area contributed by atoms with Crippen LogP contribution in [-0.2, 0) is 6.42 Å². The van der Waals surface area contributed by atoms with Crippen LogP contribution >= 0.6 is 0 Å². The minimum absolute atomic E-state index is 0.652. The number of benzene rings is 1. The molecule has 0 aliphatic carbocycles. The van der Waals surface area contributed by atoms with Crippen LogP contribution < -0.4 is 5.32 Å². The van der Waals surface area contributed by atoms with Crippen molar-refractivity contribution in [3.05, 3.63) is 35.9 Å².